The van der Waals surface area contributed by atoms with Crippen molar-refractivity contribution in [1.82, 2.24) is 5.32 Å². The number of imide groups is 1. The molecule has 1 aliphatic rings. The van der Waals surface area contributed by atoms with Crippen LogP contribution < -0.4 is 10.1 Å². The van der Waals surface area contributed by atoms with Gasteiger partial charge in [0.2, 0.25) is 0 Å². The van der Waals surface area contributed by atoms with Crippen LogP contribution in [-0.2, 0) is 6.42 Å². The molecular formula is C16H12BrNO3. The van der Waals surface area contributed by atoms with E-state index >= 15 is 0 Å². The molecule has 5 heteroatoms. The van der Waals surface area contributed by atoms with Gasteiger partial charge in [-0.3, -0.25) is 14.9 Å². The van der Waals surface area contributed by atoms with Crippen molar-refractivity contribution in [3.05, 3.63) is 63.1 Å². The van der Waals surface area contributed by atoms with Crippen LogP contribution in [0.1, 0.15) is 31.8 Å². The molecule has 2 aromatic rings. The molecule has 1 heterocycles. The molecule has 4 nitrogen and oxygen atoms in total. The minimum Gasteiger partial charge on any atom is -0.496 e. The molecule has 3 rings (SSSR count). The summed E-state index contributed by atoms with van der Waals surface area (Å²) in [5.74, 6) is 0.107. The van der Waals surface area contributed by atoms with Crippen LogP contribution in [0, 0.1) is 0 Å². The molecule has 0 aromatic heterocycles. The number of fused-ring (bicyclic) bond motifs is 1. The number of carbonyl (C=O) groups excluding carboxylic acids is 2. The molecule has 0 atom stereocenters. The molecule has 0 unspecified atom stereocenters. The fourth-order valence-corrected chi connectivity index (χ4v) is 3.07. The SMILES string of the molecule is COc1ccc(Cc2cccc3c2C(=O)NC3=O)cc1Br. The number of ether oxygens (including phenoxy) is 1. The third kappa shape index (κ3) is 2.45. The smallest absolute Gasteiger partial charge is 0.259 e. The van der Waals surface area contributed by atoms with E-state index in [9.17, 15) is 9.59 Å². The van der Waals surface area contributed by atoms with E-state index in [1.165, 1.54) is 0 Å². The summed E-state index contributed by atoms with van der Waals surface area (Å²) in [6.45, 7) is 0. The average Bonchev–Trinajstić information content (AvgIpc) is 2.75. The number of rotatable bonds is 3. The standard InChI is InChI=1S/C16H12BrNO3/c1-21-13-6-5-9(8-12(13)17)7-10-3-2-4-11-14(10)16(20)18-15(11)19/h2-6,8H,7H2,1H3,(H,18,19,20). The van der Waals surface area contributed by atoms with Crippen molar-refractivity contribution >= 4 is 27.7 Å². The number of halogens is 1. The van der Waals surface area contributed by atoms with Crippen LogP contribution in [0.5, 0.6) is 5.75 Å². The van der Waals surface area contributed by atoms with Gasteiger partial charge in [0.1, 0.15) is 5.75 Å². The molecular weight excluding hydrogens is 334 g/mol. The fourth-order valence-electron chi connectivity index (χ4n) is 2.48. The van der Waals surface area contributed by atoms with Crippen molar-refractivity contribution in [2.24, 2.45) is 0 Å². The summed E-state index contributed by atoms with van der Waals surface area (Å²) in [6.07, 6.45) is 0.576. The Balaban J connectivity index is 1.98. The van der Waals surface area contributed by atoms with Gasteiger partial charge in [0, 0.05) is 0 Å². The van der Waals surface area contributed by atoms with Crippen molar-refractivity contribution in [2.45, 2.75) is 6.42 Å². The summed E-state index contributed by atoms with van der Waals surface area (Å²) < 4.78 is 6.06. The molecule has 0 saturated carbocycles. The van der Waals surface area contributed by atoms with Crippen molar-refractivity contribution in [1.29, 1.82) is 0 Å². The second-order valence-corrected chi connectivity index (χ2v) is 5.62. The van der Waals surface area contributed by atoms with E-state index in [2.05, 4.69) is 21.2 Å². The lowest BCUT2D eigenvalue weighted by atomic mass is 9.97. The Hall–Kier alpha value is -2.14. The van der Waals surface area contributed by atoms with Gasteiger partial charge in [0.05, 0.1) is 22.7 Å². The maximum Gasteiger partial charge on any atom is 0.259 e. The molecule has 1 N–H and O–H groups in total. The number of hydrogen-bond acceptors (Lipinski definition) is 3. The number of carbonyl (C=O) groups is 2. The van der Waals surface area contributed by atoms with Gasteiger partial charge in [0.25, 0.3) is 11.8 Å². The van der Waals surface area contributed by atoms with Crippen molar-refractivity contribution in [3.8, 4) is 5.75 Å². The summed E-state index contributed by atoms with van der Waals surface area (Å²) in [7, 11) is 1.61. The monoisotopic (exact) mass is 345 g/mol. The molecule has 2 aromatic carbocycles. The molecule has 0 bridgehead atoms. The van der Waals surface area contributed by atoms with E-state index in [1.807, 2.05) is 24.3 Å². The van der Waals surface area contributed by atoms with Gasteiger partial charge >= 0.3 is 0 Å². The predicted molar refractivity (Wildman–Crippen MR) is 81.7 cm³/mol. The lowest BCUT2D eigenvalue weighted by Crippen LogP contribution is -2.20. The van der Waals surface area contributed by atoms with E-state index in [0.29, 0.717) is 17.5 Å². The van der Waals surface area contributed by atoms with Gasteiger partial charge in [-0.15, -0.1) is 0 Å². The number of benzene rings is 2. The van der Waals surface area contributed by atoms with Gasteiger partial charge in [-0.25, -0.2) is 0 Å². The third-order valence-corrected chi connectivity index (χ3v) is 4.08. The van der Waals surface area contributed by atoms with Crippen LogP contribution >= 0.6 is 15.9 Å². The highest BCUT2D eigenvalue weighted by Gasteiger charge is 2.28. The van der Waals surface area contributed by atoms with Gasteiger partial charge in [0.15, 0.2) is 0 Å². The lowest BCUT2D eigenvalue weighted by Gasteiger charge is -2.08. The molecule has 0 radical (unpaired) electrons. The summed E-state index contributed by atoms with van der Waals surface area (Å²) in [5, 5.41) is 2.33. The van der Waals surface area contributed by atoms with Crippen molar-refractivity contribution in [2.75, 3.05) is 7.11 Å². The number of amides is 2. The highest BCUT2D eigenvalue weighted by molar-refractivity contribution is 9.10. The van der Waals surface area contributed by atoms with Gasteiger partial charge in [-0.05, 0) is 51.7 Å². The van der Waals surface area contributed by atoms with Crippen LogP contribution in [0.2, 0.25) is 0 Å². The fraction of sp³-hybridized carbons (Fsp3) is 0.125. The Kier molecular flexibility index (Phi) is 3.51. The normalized spacial score (nSPS) is 13.0. The Morgan fingerprint density at radius 2 is 1.95 bits per heavy atom. The molecule has 106 valence electrons. The average molecular weight is 346 g/mol. The summed E-state index contributed by atoms with van der Waals surface area (Å²) in [5.41, 5.74) is 2.80. The maximum atomic E-state index is 11.9. The zero-order valence-electron chi connectivity index (χ0n) is 11.3. The van der Waals surface area contributed by atoms with Gasteiger partial charge in [-0.2, -0.15) is 0 Å². The topological polar surface area (TPSA) is 55.4 Å². The Labute approximate surface area is 130 Å². The van der Waals surface area contributed by atoms with E-state index in [-0.39, 0.29) is 11.8 Å². The highest BCUT2D eigenvalue weighted by atomic mass is 79.9. The first-order chi connectivity index (χ1) is 10.1. The molecule has 0 saturated heterocycles. The van der Waals surface area contributed by atoms with Gasteiger partial charge in [-0.1, -0.05) is 18.2 Å². The quantitative estimate of drug-likeness (QED) is 0.870. The Morgan fingerprint density at radius 1 is 1.14 bits per heavy atom. The number of nitrogens with one attached hydrogen (secondary N) is 1. The van der Waals surface area contributed by atoms with Crippen LogP contribution in [0.15, 0.2) is 40.9 Å². The zero-order valence-corrected chi connectivity index (χ0v) is 12.9. The molecule has 21 heavy (non-hydrogen) atoms. The van der Waals surface area contributed by atoms with Crippen LogP contribution in [0.3, 0.4) is 0 Å². The first-order valence-electron chi connectivity index (χ1n) is 6.40. The second kappa shape index (κ2) is 5.33. The summed E-state index contributed by atoms with van der Waals surface area (Å²) >= 11 is 3.45. The summed E-state index contributed by atoms with van der Waals surface area (Å²) in [6, 6.07) is 11.1. The number of methoxy groups -OCH3 is 1. The second-order valence-electron chi connectivity index (χ2n) is 4.77. The van der Waals surface area contributed by atoms with Crippen LogP contribution in [0.4, 0.5) is 0 Å². The minimum absolute atomic E-state index is 0.321. The molecule has 1 aliphatic heterocycles. The Morgan fingerprint density at radius 3 is 2.67 bits per heavy atom. The highest BCUT2D eigenvalue weighted by Crippen LogP contribution is 2.28. The lowest BCUT2D eigenvalue weighted by molar-refractivity contribution is 0.0879. The predicted octanol–water partition coefficient (Wildman–Crippen LogP) is 2.93. The van der Waals surface area contributed by atoms with Crippen molar-refractivity contribution in [3.63, 3.8) is 0 Å². The molecule has 2 amide bonds. The Bertz CT molecular complexity index is 755. The minimum atomic E-state index is -0.326. The molecule has 0 spiro atoms. The van der Waals surface area contributed by atoms with E-state index in [1.54, 1.807) is 19.2 Å². The van der Waals surface area contributed by atoms with Crippen molar-refractivity contribution < 1.29 is 14.3 Å². The number of hydrogen-bond donors (Lipinski definition) is 1. The van der Waals surface area contributed by atoms with Crippen LogP contribution in [-0.4, -0.2) is 18.9 Å². The van der Waals surface area contributed by atoms with Crippen LogP contribution in [0.25, 0.3) is 0 Å². The van der Waals surface area contributed by atoms with E-state index < -0.39 is 0 Å². The van der Waals surface area contributed by atoms with E-state index in [0.717, 1.165) is 21.3 Å². The third-order valence-electron chi connectivity index (χ3n) is 3.46. The van der Waals surface area contributed by atoms with E-state index in [4.69, 9.17) is 4.74 Å². The maximum absolute atomic E-state index is 11.9. The largest absolute Gasteiger partial charge is 0.496 e. The zero-order chi connectivity index (χ0) is 15.0. The first kappa shape index (κ1) is 13.8. The molecule has 0 aliphatic carbocycles. The first-order valence-corrected chi connectivity index (χ1v) is 7.19. The van der Waals surface area contributed by atoms with Gasteiger partial charge < -0.3 is 4.74 Å². The summed E-state index contributed by atoms with van der Waals surface area (Å²) in [4.78, 5) is 23.6. The molecule has 0 fully saturated rings.